The Balaban J connectivity index is 0.000000626. The highest BCUT2D eigenvalue weighted by Crippen LogP contribution is 2.44. The average molecular weight is 605 g/mol. The van der Waals surface area contributed by atoms with Crippen LogP contribution in [0.25, 0.3) is 0 Å². The summed E-state index contributed by atoms with van der Waals surface area (Å²) in [5.41, 5.74) is 0.750. The monoisotopic (exact) mass is 604 g/mol. The number of unbranched alkanes of at least 4 members (excludes halogenated alkanes) is 1. The van der Waals surface area contributed by atoms with Crippen molar-refractivity contribution in [2.24, 2.45) is 17.8 Å². The Morgan fingerprint density at radius 3 is 1.69 bits per heavy atom. The van der Waals surface area contributed by atoms with Crippen molar-refractivity contribution in [3.8, 4) is 12.3 Å². The molecule has 0 N–H and O–H groups in total. The summed E-state index contributed by atoms with van der Waals surface area (Å²) in [7, 11) is 1.63. The van der Waals surface area contributed by atoms with Crippen LogP contribution in [0.3, 0.4) is 0 Å². The molecule has 2 fully saturated rings. The third kappa shape index (κ3) is 15.4. The van der Waals surface area contributed by atoms with E-state index in [-0.39, 0.29) is 16.4 Å². The second-order valence-electron chi connectivity index (χ2n) is 12.1. The molecule has 236 valence electrons. The molecule has 0 bridgehead atoms. The molecule has 0 heterocycles. The van der Waals surface area contributed by atoms with Gasteiger partial charge >= 0.3 is 0 Å². The molecule has 42 heavy (non-hydrogen) atoms. The summed E-state index contributed by atoms with van der Waals surface area (Å²) in [5.74, 6) is 4.42. The van der Waals surface area contributed by atoms with Crippen LogP contribution in [0.4, 0.5) is 13.5 Å². The lowest BCUT2D eigenvalue weighted by atomic mass is 9.79. The number of hydrogen-bond donors (Lipinski definition) is 0. The van der Waals surface area contributed by atoms with E-state index in [1.807, 2.05) is 13.8 Å². The van der Waals surface area contributed by atoms with Crippen molar-refractivity contribution in [1.29, 1.82) is 0 Å². The van der Waals surface area contributed by atoms with Crippen LogP contribution in [0, 0.1) is 30.1 Å². The zero-order valence-corrected chi connectivity index (χ0v) is 28.3. The molecule has 2 aromatic carbocycles. The van der Waals surface area contributed by atoms with Crippen LogP contribution in [0.2, 0.25) is 0 Å². The van der Waals surface area contributed by atoms with E-state index in [2.05, 4.69) is 57.9 Å². The standard InChI is InChI=1S/C15H18.C14H19F2OP.C4H8.C4H10.FH/c1-3-13-6-10-15(11-7-13)14-8-4-12(2)5-9-14;1-4-9(2)13(14(15,16)18)12-7-5-11(6-8-12)10(3)17;1-4-2-3-4;1-3-4-2;/h1,6-7,10-12,14H,4-5,8-9H2,2H3;5-9,13H,4,18H2,1-3H3;4H,2-3H2,1H3;3-4H2,1-2H3;1H. The third-order valence-electron chi connectivity index (χ3n) is 8.23. The molecule has 0 saturated heterocycles. The van der Waals surface area contributed by atoms with Gasteiger partial charge in [-0.15, -0.1) is 6.42 Å². The van der Waals surface area contributed by atoms with Crippen LogP contribution in [-0.4, -0.2) is 11.4 Å². The molecule has 4 rings (SSSR count). The Bertz CT molecular complexity index is 1020. The van der Waals surface area contributed by atoms with Crippen molar-refractivity contribution in [2.75, 3.05) is 0 Å². The molecule has 5 heteroatoms. The van der Waals surface area contributed by atoms with Gasteiger partial charge in [0.2, 0.25) is 0 Å². The van der Waals surface area contributed by atoms with Gasteiger partial charge in [0.1, 0.15) is 0 Å². The minimum atomic E-state index is -2.84. The fraction of sp³-hybridized carbons (Fsp3) is 0.595. The average Bonchev–Trinajstić information content (AvgIpc) is 3.75. The van der Waals surface area contributed by atoms with Crippen LogP contribution in [0.1, 0.15) is 145 Å². The molecule has 0 spiro atoms. The van der Waals surface area contributed by atoms with Crippen LogP contribution in [0.5, 0.6) is 0 Å². The number of alkyl halides is 2. The first-order chi connectivity index (χ1) is 19.4. The summed E-state index contributed by atoms with van der Waals surface area (Å²) < 4.78 is 27.3. The van der Waals surface area contributed by atoms with E-state index in [1.165, 1.54) is 63.9 Å². The Morgan fingerprint density at radius 2 is 1.36 bits per heavy atom. The van der Waals surface area contributed by atoms with Crippen LogP contribution in [0.15, 0.2) is 48.5 Å². The van der Waals surface area contributed by atoms with E-state index >= 15 is 0 Å². The lowest BCUT2D eigenvalue weighted by Gasteiger charge is -2.29. The lowest BCUT2D eigenvalue weighted by molar-refractivity contribution is 0.0489. The van der Waals surface area contributed by atoms with E-state index in [1.54, 1.807) is 33.5 Å². The number of Topliss-reactive ketones (excluding diaryl/α,β-unsaturated/α-hetero) is 1. The smallest absolute Gasteiger partial charge is 0.265 e. The minimum absolute atomic E-state index is 0. The third-order valence-corrected chi connectivity index (χ3v) is 8.59. The Morgan fingerprint density at radius 1 is 0.905 bits per heavy atom. The number of rotatable bonds is 7. The van der Waals surface area contributed by atoms with Crippen LogP contribution < -0.4 is 0 Å². The molecule has 2 aromatic rings. The second kappa shape index (κ2) is 20.7. The van der Waals surface area contributed by atoms with E-state index < -0.39 is 11.6 Å². The van der Waals surface area contributed by atoms with Gasteiger partial charge in [0.25, 0.3) is 5.66 Å². The predicted molar refractivity (Wildman–Crippen MR) is 180 cm³/mol. The highest BCUT2D eigenvalue weighted by Gasteiger charge is 2.38. The van der Waals surface area contributed by atoms with Gasteiger partial charge in [-0.1, -0.05) is 138 Å². The van der Waals surface area contributed by atoms with Crippen LogP contribution >= 0.6 is 9.24 Å². The van der Waals surface area contributed by atoms with E-state index in [4.69, 9.17) is 6.42 Å². The first-order valence-corrected chi connectivity index (χ1v) is 16.3. The summed E-state index contributed by atoms with van der Waals surface area (Å²) in [6.45, 7) is 14.2. The number of hydrogen-bond acceptors (Lipinski definition) is 1. The maximum absolute atomic E-state index is 13.7. The largest absolute Gasteiger partial charge is 0.295 e. The zero-order valence-electron chi connectivity index (χ0n) is 27.1. The molecular weight excluding hydrogens is 548 g/mol. The molecule has 0 amide bonds. The van der Waals surface area contributed by atoms with Crippen molar-refractivity contribution >= 4 is 15.0 Å². The van der Waals surface area contributed by atoms with Gasteiger partial charge in [0.15, 0.2) is 5.78 Å². The summed E-state index contributed by atoms with van der Waals surface area (Å²) in [4.78, 5) is 11.2. The quantitative estimate of drug-likeness (QED) is 0.175. The fourth-order valence-corrected chi connectivity index (χ4v) is 5.22. The van der Waals surface area contributed by atoms with Gasteiger partial charge in [-0.05, 0) is 66.7 Å². The molecular formula is C37H56F3OP. The highest BCUT2D eigenvalue weighted by atomic mass is 31.0. The molecule has 3 unspecified atom stereocenters. The molecule has 2 aliphatic carbocycles. The van der Waals surface area contributed by atoms with Gasteiger partial charge in [0, 0.05) is 11.1 Å². The second-order valence-corrected chi connectivity index (χ2v) is 12.9. The van der Waals surface area contributed by atoms with Gasteiger partial charge in [0.05, 0.1) is 5.92 Å². The Kier molecular flexibility index (Phi) is 19.7. The highest BCUT2D eigenvalue weighted by molar-refractivity contribution is 7.18. The van der Waals surface area contributed by atoms with E-state index in [0.717, 1.165) is 23.3 Å². The fourth-order valence-electron chi connectivity index (χ4n) is 4.70. The number of carbonyl (C=O) groups is 1. The zero-order chi connectivity index (χ0) is 31.0. The van der Waals surface area contributed by atoms with Crippen molar-refractivity contribution in [1.82, 2.24) is 0 Å². The van der Waals surface area contributed by atoms with Gasteiger partial charge in [-0.2, -0.15) is 0 Å². The molecule has 2 aliphatic rings. The first kappa shape index (κ1) is 39.9. The summed E-state index contributed by atoms with van der Waals surface area (Å²) >= 11 is 0. The van der Waals surface area contributed by atoms with Crippen molar-refractivity contribution < 1.29 is 18.3 Å². The number of terminal acetylenes is 1. The van der Waals surface area contributed by atoms with Crippen molar-refractivity contribution in [2.45, 2.75) is 124 Å². The van der Waals surface area contributed by atoms with Gasteiger partial charge in [-0.3, -0.25) is 9.50 Å². The molecule has 0 aromatic heterocycles. The normalized spacial score (nSPS) is 19.0. The summed E-state index contributed by atoms with van der Waals surface area (Å²) in [6, 6.07) is 15.0. The van der Waals surface area contributed by atoms with Crippen molar-refractivity contribution in [3.05, 3.63) is 70.8 Å². The number of ketones is 1. The number of halogens is 3. The Hall–Kier alpha value is -2.11. The lowest BCUT2D eigenvalue weighted by Crippen LogP contribution is -2.25. The molecule has 2 saturated carbocycles. The number of carbonyl (C=O) groups excluding carboxylic acids is 1. The van der Waals surface area contributed by atoms with Gasteiger partial charge in [-0.25, -0.2) is 8.78 Å². The molecule has 3 atom stereocenters. The maximum Gasteiger partial charge on any atom is 0.265 e. The van der Waals surface area contributed by atoms with Crippen molar-refractivity contribution in [3.63, 3.8) is 0 Å². The predicted octanol–water partition coefficient (Wildman–Crippen LogP) is 11.8. The SMILES string of the molecule is C#Cc1ccc(C2CCC(C)CC2)cc1.CC1CC1.CCC(C)C(c1ccc(C(C)=O)cc1)C(F)(F)P.CCCC.F. The summed E-state index contributed by atoms with van der Waals surface area (Å²) in [5, 5.41) is 0. The maximum atomic E-state index is 13.7. The van der Waals surface area contributed by atoms with E-state index in [9.17, 15) is 13.6 Å². The van der Waals surface area contributed by atoms with E-state index in [0.29, 0.717) is 17.5 Å². The van der Waals surface area contributed by atoms with Crippen LogP contribution in [-0.2, 0) is 0 Å². The first-order valence-electron chi connectivity index (χ1n) is 15.7. The topological polar surface area (TPSA) is 17.1 Å². The molecule has 1 nitrogen and oxygen atoms in total. The number of benzene rings is 2. The minimum Gasteiger partial charge on any atom is -0.295 e. The molecule has 0 aliphatic heterocycles. The van der Waals surface area contributed by atoms with Gasteiger partial charge < -0.3 is 0 Å². The Labute approximate surface area is 257 Å². The summed E-state index contributed by atoms with van der Waals surface area (Å²) in [6.07, 6.45) is 17.1. The molecule has 0 radical (unpaired) electrons.